The number of carbonyl (C=O) groups excluding carboxylic acids is 1. The van der Waals surface area contributed by atoms with Gasteiger partial charge in [0, 0.05) is 25.6 Å². The molecule has 2 aliphatic rings. The normalized spacial score (nSPS) is 19.7. The Morgan fingerprint density at radius 2 is 2.35 bits per heavy atom. The van der Waals surface area contributed by atoms with Gasteiger partial charge in [-0.25, -0.2) is 4.98 Å². The monoisotopic (exact) mass is 356 g/mol. The summed E-state index contributed by atoms with van der Waals surface area (Å²) in [6.07, 6.45) is 2.99. The van der Waals surface area contributed by atoms with Crippen molar-refractivity contribution >= 4 is 5.91 Å². The van der Waals surface area contributed by atoms with Crippen LogP contribution in [0.25, 0.3) is 5.82 Å². The zero-order chi connectivity index (χ0) is 17.5. The molecule has 1 N–H and O–H groups in total. The molecule has 11 nitrogen and oxygen atoms in total. The van der Waals surface area contributed by atoms with E-state index in [2.05, 4.69) is 30.7 Å². The van der Waals surface area contributed by atoms with Crippen molar-refractivity contribution in [3.63, 3.8) is 0 Å². The van der Waals surface area contributed by atoms with E-state index >= 15 is 0 Å². The van der Waals surface area contributed by atoms with Gasteiger partial charge in [-0.1, -0.05) is 0 Å². The van der Waals surface area contributed by atoms with Gasteiger partial charge in [0.05, 0.1) is 19.1 Å². The first-order chi connectivity index (χ1) is 12.8. The van der Waals surface area contributed by atoms with Crippen LogP contribution < -0.4 is 0 Å². The molecule has 26 heavy (non-hydrogen) atoms. The van der Waals surface area contributed by atoms with Gasteiger partial charge in [0.1, 0.15) is 23.5 Å². The standard InChI is InChI=1S/C15H16N8O3/c24-15(10-5-13(19-18-10)23-8-16-20-21-23)22-3-1-12-11(6-22)17-14(26-12)9-2-4-25-7-9/h5,8-9H,1-4,6-7H2,(H,18,19). The summed E-state index contributed by atoms with van der Waals surface area (Å²) in [5.74, 6) is 2.13. The van der Waals surface area contributed by atoms with Gasteiger partial charge in [0.25, 0.3) is 5.91 Å². The van der Waals surface area contributed by atoms with E-state index < -0.39 is 0 Å². The van der Waals surface area contributed by atoms with Crippen molar-refractivity contribution in [2.45, 2.75) is 25.3 Å². The third-order valence-corrected chi connectivity index (χ3v) is 4.69. The second-order valence-corrected chi connectivity index (χ2v) is 6.35. The highest BCUT2D eigenvalue weighted by atomic mass is 16.5. The predicted octanol–water partition coefficient (Wildman–Crippen LogP) is 0.0758. The molecule has 5 rings (SSSR count). The van der Waals surface area contributed by atoms with Crippen LogP contribution in [0.2, 0.25) is 0 Å². The maximum atomic E-state index is 12.8. The molecule has 1 atom stereocenters. The summed E-state index contributed by atoms with van der Waals surface area (Å²) in [7, 11) is 0. The van der Waals surface area contributed by atoms with E-state index in [1.165, 1.54) is 11.0 Å². The van der Waals surface area contributed by atoms with E-state index in [0.717, 1.165) is 30.4 Å². The van der Waals surface area contributed by atoms with E-state index in [-0.39, 0.29) is 11.8 Å². The summed E-state index contributed by atoms with van der Waals surface area (Å²) < 4.78 is 12.7. The quantitative estimate of drug-likeness (QED) is 0.698. The molecular weight excluding hydrogens is 340 g/mol. The Bertz CT molecular complexity index is 925. The van der Waals surface area contributed by atoms with E-state index in [0.29, 0.717) is 37.6 Å². The van der Waals surface area contributed by atoms with Gasteiger partial charge in [-0.15, -0.1) is 5.10 Å². The Labute approximate surface area is 147 Å². The average molecular weight is 356 g/mol. The first-order valence-electron chi connectivity index (χ1n) is 8.42. The molecule has 1 amide bonds. The van der Waals surface area contributed by atoms with Crippen LogP contribution in [-0.2, 0) is 17.7 Å². The molecule has 11 heteroatoms. The maximum absolute atomic E-state index is 12.8. The van der Waals surface area contributed by atoms with Gasteiger partial charge >= 0.3 is 0 Å². The summed E-state index contributed by atoms with van der Waals surface area (Å²) in [6.45, 7) is 2.38. The molecule has 0 bridgehead atoms. The Balaban J connectivity index is 1.33. The molecule has 134 valence electrons. The molecule has 3 aromatic rings. The minimum Gasteiger partial charge on any atom is -0.445 e. The molecule has 0 aliphatic carbocycles. The number of ether oxygens (including phenoxy) is 1. The molecule has 1 saturated heterocycles. The van der Waals surface area contributed by atoms with Crippen molar-refractivity contribution < 1.29 is 13.9 Å². The maximum Gasteiger partial charge on any atom is 0.272 e. The summed E-state index contributed by atoms with van der Waals surface area (Å²) >= 11 is 0. The Morgan fingerprint density at radius 1 is 1.38 bits per heavy atom. The van der Waals surface area contributed by atoms with Crippen molar-refractivity contribution in [2.24, 2.45) is 0 Å². The number of oxazole rings is 1. The molecule has 5 heterocycles. The lowest BCUT2D eigenvalue weighted by molar-refractivity contribution is 0.0722. The molecule has 1 fully saturated rings. The first kappa shape index (κ1) is 15.2. The van der Waals surface area contributed by atoms with Crippen LogP contribution >= 0.6 is 0 Å². The Morgan fingerprint density at radius 3 is 3.15 bits per heavy atom. The van der Waals surface area contributed by atoms with Gasteiger partial charge in [-0.2, -0.15) is 9.78 Å². The Kier molecular flexibility index (Phi) is 3.52. The molecule has 0 aromatic carbocycles. The fourth-order valence-corrected chi connectivity index (χ4v) is 3.27. The number of carbonyl (C=O) groups is 1. The summed E-state index contributed by atoms with van der Waals surface area (Å²) in [6, 6.07) is 1.62. The zero-order valence-corrected chi connectivity index (χ0v) is 13.8. The van der Waals surface area contributed by atoms with Crippen LogP contribution in [0.15, 0.2) is 16.8 Å². The number of tetrazole rings is 1. The zero-order valence-electron chi connectivity index (χ0n) is 13.8. The van der Waals surface area contributed by atoms with Crippen LogP contribution in [0, 0.1) is 0 Å². The lowest BCUT2D eigenvalue weighted by atomic mass is 10.1. The summed E-state index contributed by atoms with van der Waals surface area (Å²) in [5, 5.41) is 17.7. The van der Waals surface area contributed by atoms with Crippen LogP contribution in [0.1, 0.15) is 40.2 Å². The molecule has 0 saturated carbocycles. The van der Waals surface area contributed by atoms with Crippen LogP contribution in [0.3, 0.4) is 0 Å². The number of amides is 1. The second kappa shape index (κ2) is 6.02. The lowest BCUT2D eigenvalue weighted by Gasteiger charge is -2.24. The molecule has 0 spiro atoms. The summed E-state index contributed by atoms with van der Waals surface area (Å²) in [4.78, 5) is 19.1. The average Bonchev–Trinajstić information content (AvgIpc) is 3.47. The molecule has 0 radical (unpaired) electrons. The Hall–Kier alpha value is -3.08. The fourth-order valence-electron chi connectivity index (χ4n) is 3.27. The molecule has 1 unspecified atom stereocenters. The number of hydrogen-bond acceptors (Lipinski definition) is 8. The third-order valence-electron chi connectivity index (χ3n) is 4.69. The number of nitrogens with zero attached hydrogens (tertiary/aromatic N) is 7. The minimum atomic E-state index is -0.142. The van der Waals surface area contributed by atoms with Gasteiger partial charge in [-0.3, -0.25) is 9.89 Å². The van der Waals surface area contributed by atoms with Crippen LogP contribution in [-0.4, -0.2) is 66.0 Å². The number of aromatic amines is 1. The van der Waals surface area contributed by atoms with E-state index in [9.17, 15) is 4.79 Å². The molecule has 2 aliphatic heterocycles. The topological polar surface area (TPSA) is 128 Å². The van der Waals surface area contributed by atoms with Crippen molar-refractivity contribution in [3.05, 3.63) is 35.4 Å². The largest absolute Gasteiger partial charge is 0.445 e. The number of nitrogens with one attached hydrogen (secondary N) is 1. The summed E-state index contributed by atoms with van der Waals surface area (Å²) in [5.41, 5.74) is 1.21. The van der Waals surface area contributed by atoms with Crippen LogP contribution in [0.4, 0.5) is 0 Å². The number of aromatic nitrogens is 7. The second-order valence-electron chi connectivity index (χ2n) is 6.35. The van der Waals surface area contributed by atoms with Crippen molar-refractivity contribution in [1.29, 1.82) is 0 Å². The third kappa shape index (κ3) is 2.56. The minimum absolute atomic E-state index is 0.142. The SMILES string of the molecule is O=C(c1cc(-n2cnnn2)n[nH]1)N1CCc2oc(C3CCOC3)nc2C1. The van der Waals surface area contributed by atoms with Gasteiger partial charge in [0.15, 0.2) is 11.7 Å². The van der Waals surface area contributed by atoms with E-state index in [4.69, 9.17) is 9.15 Å². The smallest absolute Gasteiger partial charge is 0.272 e. The number of rotatable bonds is 3. The van der Waals surface area contributed by atoms with Gasteiger partial charge < -0.3 is 14.1 Å². The highest BCUT2D eigenvalue weighted by molar-refractivity contribution is 5.92. The number of fused-ring (bicyclic) bond motifs is 1. The van der Waals surface area contributed by atoms with E-state index in [1.807, 2.05) is 0 Å². The molecule has 3 aromatic heterocycles. The fraction of sp³-hybridized carbons (Fsp3) is 0.467. The van der Waals surface area contributed by atoms with E-state index in [1.54, 1.807) is 11.0 Å². The van der Waals surface area contributed by atoms with Crippen molar-refractivity contribution in [1.82, 2.24) is 40.3 Å². The van der Waals surface area contributed by atoms with Crippen LogP contribution in [0.5, 0.6) is 0 Å². The molecular formula is C15H16N8O3. The highest BCUT2D eigenvalue weighted by Crippen LogP contribution is 2.29. The van der Waals surface area contributed by atoms with Crippen molar-refractivity contribution in [2.75, 3.05) is 19.8 Å². The first-order valence-corrected chi connectivity index (χ1v) is 8.42. The van der Waals surface area contributed by atoms with Crippen molar-refractivity contribution in [3.8, 4) is 5.82 Å². The number of H-pyrrole nitrogens is 1. The highest BCUT2D eigenvalue weighted by Gasteiger charge is 2.30. The van der Waals surface area contributed by atoms with Gasteiger partial charge in [0.2, 0.25) is 0 Å². The number of hydrogen-bond donors (Lipinski definition) is 1. The predicted molar refractivity (Wildman–Crippen MR) is 84.4 cm³/mol. The lowest BCUT2D eigenvalue weighted by Crippen LogP contribution is -2.36. The van der Waals surface area contributed by atoms with Gasteiger partial charge in [-0.05, 0) is 16.8 Å².